The van der Waals surface area contributed by atoms with Crippen molar-refractivity contribution in [3.8, 4) is 5.75 Å². The number of nitrogens with one attached hydrogen (secondary N) is 1. The van der Waals surface area contributed by atoms with E-state index in [9.17, 15) is 9.59 Å². The molecule has 1 fully saturated rings. The summed E-state index contributed by atoms with van der Waals surface area (Å²) in [5.74, 6) is 0.317. The van der Waals surface area contributed by atoms with Gasteiger partial charge in [-0.25, -0.2) is 4.90 Å². The van der Waals surface area contributed by atoms with E-state index < -0.39 is 6.04 Å². The fourth-order valence-corrected chi connectivity index (χ4v) is 2.97. The van der Waals surface area contributed by atoms with Crippen molar-refractivity contribution >= 4 is 23.2 Å². The van der Waals surface area contributed by atoms with Crippen LogP contribution in [0.5, 0.6) is 5.75 Å². The van der Waals surface area contributed by atoms with Crippen molar-refractivity contribution in [3.05, 3.63) is 54.1 Å². The topological polar surface area (TPSA) is 58.6 Å². The van der Waals surface area contributed by atoms with E-state index in [4.69, 9.17) is 4.74 Å². The molecule has 0 radical (unpaired) electrons. The van der Waals surface area contributed by atoms with Crippen LogP contribution in [0.25, 0.3) is 0 Å². The molecule has 2 amide bonds. The van der Waals surface area contributed by atoms with Crippen LogP contribution in [-0.4, -0.2) is 24.5 Å². The molecule has 1 saturated heterocycles. The summed E-state index contributed by atoms with van der Waals surface area (Å²) in [5, 5.41) is 3.17. The molecule has 1 N–H and O–H groups in total. The third kappa shape index (κ3) is 3.87. The summed E-state index contributed by atoms with van der Waals surface area (Å²) in [4.78, 5) is 26.3. The van der Waals surface area contributed by atoms with Gasteiger partial charge in [0.05, 0.1) is 18.7 Å². The second-order valence-electron chi connectivity index (χ2n) is 6.36. The van der Waals surface area contributed by atoms with Crippen molar-refractivity contribution in [2.45, 2.75) is 39.2 Å². The molecule has 5 heteroatoms. The molecule has 3 rings (SSSR count). The van der Waals surface area contributed by atoms with E-state index in [0.29, 0.717) is 12.3 Å². The number of imide groups is 1. The lowest BCUT2D eigenvalue weighted by Crippen LogP contribution is -2.34. The number of hydrogen-bond donors (Lipinski definition) is 1. The molecule has 5 nitrogen and oxygen atoms in total. The second kappa shape index (κ2) is 8.04. The van der Waals surface area contributed by atoms with Gasteiger partial charge in [0.1, 0.15) is 11.8 Å². The highest BCUT2D eigenvalue weighted by Crippen LogP contribution is 2.27. The molecule has 1 aliphatic heterocycles. The number of carbonyl (C=O) groups excluding carboxylic acids is 2. The lowest BCUT2D eigenvalue weighted by Gasteiger charge is -2.16. The number of nitrogens with zero attached hydrogens (tertiary/aromatic N) is 1. The number of ether oxygens (including phenoxy) is 1. The fourth-order valence-electron chi connectivity index (χ4n) is 2.97. The van der Waals surface area contributed by atoms with E-state index >= 15 is 0 Å². The largest absolute Gasteiger partial charge is 0.494 e. The Hall–Kier alpha value is -2.82. The minimum absolute atomic E-state index is 0.155. The summed E-state index contributed by atoms with van der Waals surface area (Å²) in [7, 11) is 0. The Bertz CT molecular complexity index is 769. The number of hydrogen-bond acceptors (Lipinski definition) is 4. The van der Waals surface area contributed by atoms with Crippen molar-refractivity contribution < 1.29 is 14.3 Å². The third-order valence-electron chi connectivity index (χ3n) is 4.42. The molecule has 1 unspecified atom stereocenters. The third-order valence-corrected chi connectivity index (χ3v) is 4.42. The molecule has 26 heavy (non-hydrogen) atoms. The van der Waals surface area contributed by atoms with Crippen LogP contribution in [0, 0.1) is 0 Å². The van der Waals surface area contributed by atoms with E-state index in [1.165, 1.54) is 10.5 Å². The van der Waals surface area contributed by atoms with Crippen molar-refractivity contribution in [2.24, 2.45) is 0 Å². The minimum atomic E-state index is -0.536. The van der Waals surface area contributed by atoms with Crippen molar-refractivity contribution in [3.63, 3.8) is 0 Å². The van der Waals surface area contributed by atoms with Gasteiger partial charge in [0.15, 0.2) is 0 Å². The Labute approximate surface area is 154 Å². The van der Waals surface area contributed by atoms with Crippen molar-refractivity contribution in [1.82, 2.24) is 0 Å². The summed E-state index contributed by atoms with van der Waals surface area (Å²) < 4.78 is 5.54. The van der Waals surface area contributed by atoms with Crippen LogP contribution < -0.4 is 15.0 Å². The zero-order chi connectivity index (χ0) is 18.5. The first kappa shape index (κ1) is 18.0. The Morgan fingerprint density at radius 1 is 1.04 bits per heavy atom. The number of anilines is 2. The molecule has 0 spiro atoms. The lowest BCUT2D eigenvalue weighted by atomic mass is 10.1. The maximum Gasteiger partial charge on any atom is 0.256 e. The lowest BCUT2D eigenvalue weighted by molar-refractivity contribution is -0.121. The van der Waals surface area contributed by atoms with Crippen LogP contribution in [0.15, 0.2) is 48.5 Å². The van der Waals surface area contributed by atoms with Gasteiger partial charge in [-0.3, -0.25) is 9.59 Å². The van der Waals surface area contributed by atoms with E-state index in [-0.39, 0.29) is 18.2 Å². The van der Waals surface area contributed by atoms with Gasteiger partial charge in [0, 0.05) is 5.69 Å². The van der Waals surface area contributed by atoms with Crippen LogP contribution in [0.2, 0.25) is 0 Å². The highest BCUT2D eigenvalue weighted by molar-refractivity contribution is 6.23. The van der Waals surface area contributed by atoms with Gasteiger partial charge in [-0.15, -0.1) is 0 Å². The van der Waals surface area contributed by atoms with E-state index in [2.05, 4.69) is 12.2 Å². The zero-order valence-electron chi connectivity index (χ0n) is 15.2. The molecule has 1 atom stereocenters. The Kier molecular flexibility index (Phi) is 5.56. The number of amides is 2. The van der Waals surface area contributed by atoms with Gasteiger partial charge in [0.2, 0.25) is 5.91 Å². The average Bonchev–Trinajstić information content (AvgIpc) is 2.94. The van der Waals surface area contributed by atoms with E-state index in [0.717, 1.165) is 24.3 Å². The molecule has 2 aromatic rings. The zero-order valence-corrected chi connectivity index (χ0v) is 15.2. The molecule has 1 aliphatic rings. The van der Waals surface area contributed by atoms with Gasteiger partial charge < -0.3 is 10.1 Å². The predicted molar refractivity (Wildman–Crippen MR) is 103 cm³/mol. The van der Waals surface area contributed by atoms with Crippen molar-refractivity contribution in [2.75, 3.05) is 16.8 Å². The van der Waals surface area contributed by atoms with Crippen LogP contribution >= 0.6 is 0 Å². The molecule has 1 heterocycles. The predicted octanol–water partition coefficient (Wildman–Crippen LogP) is 3.78. The Morgan fingerprint density at radius 2 is 1.73 bits per heavy atom. The first-order valence-corrected chi connectivity index (χ1v) is 9.07. The maximum atomic E-state index is 12.7. The fraction of sp³-hybridized carbons (Fsp3) is 0.333. The van der Waals surface area contributed by atoms with Crippen molar-refractivity contribution in [1.29, 1.82) is 0 Å². The standard InChI is InChI=1S/C21H24N2O3/c1-3-13-26-18-11-9-17(10-12-18)23-20(24)14-19(21(23)25)22-16-7-5-15(4-2)6-8-16/h5-12,19,22H,3-4,13-14H2,1-2H3. The summed E-state index contributed by atoms with van der Waals surface area (Å²) >= 11 is 0. The molecule has 0 aliphatic carbocycles. The van der Waals surface area contributed by atoms with Gasteiger partial charge in [-0.1, -0.05) is 26.0 Å². The average molecular weight is 352 g/mol. The maximum absolute atomic E-state index is 12.7. The van der Waals surface area contributed by atoms with Gasteiger partial charge in [0.25, 0.3) is 5.91 Å². The van der Waals surface area contributed by atoms with Crippen LogP contribution in [0.4, 0.5) is 11.4 Å². The Morgan fingerprint density at radius 3 is 2.35 bits per heavy atom. The van der Waals surface area contributed by atoms with E-state index in [1.807, 2.05) is 31.2 Å². The van der Waals surface area contributed by atoms with Gasteiger partial charge in [-0.2, -0.15) is 0 Å². The Balaban J connectivity index is 1.69. The molecule has 0 saturated carbocycles. The summed E-state index contributed by atoms with van der Waals surface area (Å²) in [5.41, 5.74) is 2.66. The number of carbonyl (C=O) groups is 2. The first-order chi connectivity index (χ1) is 12.6. The molecular formula is C21H24N2O3. The molecular weight excluding hydrogens is 328 g/mol. The summed E-state index contributed by atoms with van der Waals surface area (Å²) in [6, 6.07) is 14.5. The van der Waals surface area contributed by atoms with Crippen LogP contribution in [0.3, 0.4) is 0 Å². The van der Waals surface area contributed by atoms with Crippen LogP contribution in [-0.2, 0) is 16.0 Å². The molecule has 136 valence electrons. The quantitative estimate of drug-likeness (QED) is 0.771. The SMILES string of the molecule is CCCOc1ccc(N2C(=O)CC(Nc3ccc(CC)cc3)C2=O)cc1. The molecule has 0 bridgehead atoms. The highest BCUT2D eigenvalue weighted by Gasteiger charge is 2.39. The van der Waals surface area contributed by atoms with Crippen LogP contribution in [0.1, 0.15) is 32.3 Å². The normalized spacial score (nSPS) is 16.8. The summed E-state index contributed by atoms with van der Waals surface area (Å²) in [6.45, 7) is 4.78. The minimum Gasteiger partial charge on any atom is -0.494 e. The first-order valence-electron chi connectivity index (χ1n) is 9.07. The summed E-state index contributed by atoms with van der Waals surface area (Å²) in [6.07, 6.45) is 2.05. The van der Waals surface area contributed by atoms with Gasteiger partial charge >= 0.3 is 0 Å². The van der Waals surface area contributed by atoms with Gasteiger partial charge in [-0.05, 0) is 54.8 Å². The second-order valence-corrected chi connectivity index (χ2v) is 6.36. The number of rotatable bonds is 7. The molecule has 2 aromatic carbocycles. The number of aryl methyl sites for hydroxylation is 1. The smallest absolute Gasteiger partial charge is 0.256 e. The monoisotopic (exact) mass is 352 g/mol. The number of benzene rings is 2. The molecule has 0 aromatic heterocycles. The van der Waals surface area contributed by atoms with E-state index in [1.54, 1.807) is 24.3 Å². The highest BCUT2D eigenvalue weighted by atomic mass is 16.5.